The predicted molar refractivity (Wildman–Crippen MR) is 62.8 cm³/mol. The van der Waals surface area contributed by atoms with E-state index in [2.05, 4.69) is 5.43 Å². The molecule has 0 radical (unpaired) electrons. The number of nitrogens with zero attached hydrogens (tertiary/aromatic N) is 1. The maximum absolute atomic E-state index is 11.4. The largest absolute Gasteiger partial charge is 0.481 e. The average molecular weight is 233 g/mol. The van der Waals surface area contributed by atoms with E-state index in [1.807, 2.05) is 13.0 Å². The van der Waals surface area contributed by atoms with Crippen LogP contribution in [-0.4, -0.2) is 12.0 Å². The first-order chi connectivity index (χ1) is 8.21. The zero-order chi connectivity index (χ0) is 12.7. The Kier molecular flexibility index (Phi) is 4.98. The molecule has 0 saturated heterocycles. The monoisotopic (exact) mass is 233 g/mol. The van der Waals surface area contributed by atoms with Crippen LogP contribution in [0.4, 0.5) is 0 Å². The molecule has 0 fully saturated rings. The maximum atomic E-state index is 11.4. The minimum absolute atomic E-state index is 0.351. The van der Waals surface area contributed by atoms with Gasteiger partial charge in [-0.1, -0.05) is 13.3 Å². The van der Waals surface area contributed by atoms with Gasteiger partial charge in [-0.25, -0.2) is 5.84 Å². The summed E-state index contributed by atoms with van der Waals surface area (Å²) in [4.78, 5) is 11.4. The van der Waals surface area contributed by atoms with Crippen LogP contribution in [0.15, 0.2) is 24.3 Å². The van der Waals surface area contributed by atoms with E-state index in [-0.39, 0.29) is 5.91 Å². The van der Waals surface area contributed by atoms with Gasteiger partial charge in [0, 0.05) is 0 Å². The highest BCUT2D eigenvalue weighted by Crippen LogP contribution is 2.15. The molecule has 5 heteroatoms. The molecule has 90 valence electrons. The molecule has 0 saturated carbocycles. The quantitative estimate of drug-likeness (QED) is 0.453. The van der Waals surface area contributed by atoms with E-state index in [0.717, 1.165) is 6.42 Å². The molecule has 0 spiro atoms. The predicted octanol–water partition coefficient (Wildman–Crippen LogP) is 1.10. The van der Waals surface area contributed by atoms with Crippen molar-refractivity contribution >= 4 is 5.91 Å². The first kappa shape index (κ1) is 13.0. The number of nitrogens with two attached hydrogens (primary N) is 1. The van der Waals surface area contributed by atoms with Crippen LogP contribution in [0.25, 0.3) is 0 Å². The molecule has 1 unspecified atom stereocenters. The number of carbonyl (C=O) groups excluding carboxylic acids is 1. The zero-order valence-corrected chi connectivity index (χ0v) is 9.64. The third-order valence-electron chi connectivity index (χ3n) is 2.25. The number of benzene rings is 1. The summed E-state index contributed by atoms with van der Waals surface area (Å²) in [6, 6.07) is 8.60. The van der Waals surface area contributed by atoms with Crippen LogP contribution in [0.1, 0.15) is 25.3 Å². The van der Waals surface area contributed by atoms with Crippen LogP contribution in [-0.2, 0) is 4.79 Å². The molecule has 0 aliphatic rings. The molecule has 1 amide bonds. The number of nitriles is 1. The van der Waals surface area contributed by atoms with Gasteiger partial charge >= 0.3 is 0 Å². The van der Waals surface area contributed by atoms with Crippen LogP contribution in [0.5, 0.6) is 5.75 Å². The van der Waals surface area contributed by atoms with E-state index < -0.39 is 6.10 Å². The van der Waals surface area contributed by atoms with Gasteiger partial charge in [-0.05, 0) is 30.7 Å². The van der Waals surface area contributed by atoms with Crippen LogP contribution in [0.2, 0.25) is 0 Å². The van der Waals surface area contributed by atoms with Crippen molar-refractivity contribution in [3.05, 3.63) is 29.8 Å². The number of hydrogen-bond donors (Lipinski definition) is 2. The molecule has 0 heterocycles. The highest BCUT2D eigenvalue weighted by atomic mass is 16.5. The van der Waals surface area contributed by atoms with Crippen molar-refractivity contribution in [1.29, 1.82) is 5.26 Å². The van der Waals surface area contributed by atoms with E-state index in [4.69, 9.17) is 15.8 Å². The Hall–Kier alpha value is -2.06. The van der Waals surface area contributed by atoms with Gasteiger partial charge in [-0.3, -0.25) is 10.2 Å². The molecule has 0 aromatic heterocycles. The minimum atomic E-state index is -0.599. The summed E-state index contributed by atoms with van der Waals surface area (Å²) in [5.41, 5.74) is 2.63. The van der Waals surface area contributed by atoms with Gasteiger partial charge in [0.15, 0.2) is 6.10 Å². The van der Waals surface area contributed by atoms with Crippen LogP contribution >= 0.6 is 0 Å². The number of ether oxygens (including phenoxy) is 1. The Morgan fingerprint density at radius 1 is 1.53 bits per heavy atom. The molecule has 1 atom stereocenters. The number of amides is 1. The van der Waals surface area contributed by atoms with Crippen molar-refractivity contribution in [2.45, 2.75) is 25.9 Å². The summed E-state index contributed by atoms with van der Waals surface area (Å²) < 4.78 is 5.51. The fourth-order valence-electron chi connectivity index (χ4n) is 1.37. The van der Waals surface area contributed by atoms with Gasteiger partial charge < -0.3 is 4.74 Å². The number of carbonyl (C=O) groups is 1. The molecule has 17 heavy (non-hydrogen) atoms. The third-order valence-corrected chi connectivity index (χ3v) is 2.25. The van der Waals surface area contributed by atoms with Crippen molar-refractivity contribution in [1.82, 2.24) is 5.43 Å². The lowest BCUT2D eigenvalue weighted by molar-refractivity contribution is -0.128. The summed E-state index contributed by atoms with van der Waals surface area (Å²) in [7, 11) is 0. The summed E-state index contributed by atoms with van der Waals surface area (Å²) in [6.45, 7) is 1.96. The Balaban J connectivity index is 2.72. The molecule has 5 nitrogen and oxygen atoms in total. The van der Waals surface area contributed by atoms with E-state index in [1.165, 1.54) is 0 Å². The SMILES string of the molecule is CCCC(Oc1ccc(C#N)cc1)C(=O)NN. The summed E-state index contributed by atoms with van der Waals surface area (Å²) in [5, 5.41) is 8.65. The Morgan fingerprint density at radius 3 is 2.65 bits per heavy atom. The van der Waals surface area contributed by atoms with Gasteiger partial charge in [0.05, 0.1) is 11.6 Å². The van der Waals surface area contributed by atoms with E-state index >= 15 is 0 Å². The zero-order valence-electron chi connectivity index (χ0n) is 9.64. The lowest BCUT2D eigenvalue weighted by Crippen LogP contribution is -2.42. The number of rotatable bonds is 5. The molecule has 1 rings (SSSR count). The third kappa shape index (κ3) is 3.78. The summed E-state index contributed by atoms with van der Waals surface area (Å²) in [5.74, 6) is 5.28. The first-order valence-corrected chi connectivity index (χ1v) is 5.38. The normalized spacial score (nSPS) is 11.4. The van der Waals surface area contributed by atoms with Crippen molar-refractivity contribution in [3.8, 4) is 11.8 Å². The van der Waals surface area contributed by atoms with Crippen molar-refractivity contribution in [2.24, 2.45) is 5.84 Å². The topological polar surface area (TPSA) is 88.1 Å². The first-order valence-electron chi connectivity index (χ1n) is 5.38. The fourth-order valence-corrected chi connectivity index (χ4v) is 1.37. The Labute approximate surface area is 100 Å². The second-order valence-corrected chi connectivity index (χ2v) is 3.54. The smallest absolute Gasteiger partial charge is 0.274 e. The highest BCUT2D eigenvalue weighted by Gasteiger charge is 2.18. The lowest BCUT2D eigenvalue weighted by Gasteiger charge is -2.16. The molecular formula is C12H15N3O2. The summed E-state index contributed by atoms with van der Waals surface area (Å²) in [6.07, 6.45) is 0.801. The van der Waals surface area contributed by atoms with E-state index in [9.17, 15) is 4.79 Å². The Bertz CT molecular complexity index is 409. The molecule has 0 aliphatic heterocycles. The lowest BCUT2D eigenvalue weighted by atomic mass is 10.2. The van der Waals surface area contributed by atoms with Crippen LogP contribution in [0.3, 0.4) is 0 Å². The highest BCUT2D eigenvalue weighted by molar-refractivity contribution is 5.80. The van der Waals surface area contributed by atoms with Gasteiger partial charge in [-0.15, -0.1) is 0 Å². The van der Waals surface area contributed by atoms with Gasteiger partial charge in [-0.2, -0.15) is 5.26 Å². The van der Waals surface area contributed by atoms with E-state index in [0.29, 0.717) is 17.7 Å². The summed E-state index contributed by atoms with van der Waals surface area (Å²) >= 11 is 0. The number of hydrogen-bond acceptors (Lipinski definition) is 4. The molecular weight excluding hydrogens is 218 g/mol. The van der Waals surface area contributed by atoms with Crippen molar-refractivity contribution in [3.63, 3.8) is 0 Å². The number of nitrogens with one attached hydrogen (secondary N) is 1. The van der Waals surface area contributed by atoms with Gasteiger partial charge in [0.25, 0.3) is 5.91 Å². The second kappa shape index (κ2) is 6.51. The van der Waals surface area contributed by atoms with Crippen LogP contribution in [0, 0.1) is 11.3 Å². The van der Waals surface area contributed by atoms with Crippen LogP contribution < -0.4 is 16.0 Å². The second-order valence-electron chi connectivity index (χ2n) is 3.54. The Morgan fingerprint density at radius 2 is 2.18 bits per heavy atom. The molecule has 3 N–H and O–H groups in total. The average Bonchev–Trinajstić information content (AvgIpc) is 2.38. The number of hydrazine groups is 1. The van der Waals surface area contributed by atoms with Crippen molar-refractivity contribution < 1.29 is 9.53 Å². The van der Waals surface area contributed by atoms with Gasteiger partial charge in [0.1, 0.15) is 5.75 Å². The van der Waals surface area contributed by atoms with E-state index in [1.54, 1.807) is 24.3 Å². The fraction of sp³-hybridized carbons (Fsp3) is 0.333. The minimum Gasteiger partial charge on any atom is -0.481 e. The molecule has 1 aromatic carbocycles. The maximum Gasteiger partial charge on any atom is 0.274 e. The standard InChI is InChI=1S/C12H15N3O2/c1-2-3-11(12(16)15-14)17-10-6-4-9(8-13)5-7-10/h4-7,11H,2-3,14H2,1H3,(H,15,16). The molecule has 1 aromatic rings. The molecule has 0 aliphatic carbocycles. The molecule has 0 bridgehead atoms. The van der Waals surface area contributed by atoms with Crippen molar-refractivity contribution in [2.75, 3.05) is 0 Å². The van der Waals surface area contributed by atoms with Gasteiger partial charge in [0.2, 0.25) is 0 Å².